The van der Waals surface area contributed by atoms with E-state index in [4.69, 9.17) is 4.84 Å². The molecule has 0 aromatic heterocycles. The summed E-state index contributed by atoms with van der Waals surface area (Å²) in [6.45, 7) is 2.13. The van der Waals surface area contributed by atoms with Gasteiger partial charge in [-0.05, 0) is 86.8 Å². The third kappa shape index (κ3) is 3.37. The van der Waals surface area contributed by atoms with Crippen molar-refractivity contribution in [3.05, 3.63) is 29.8 Å². The molecule has 0 saturated heterocycles. The largest absolute Gasteiger partial charge is 0.349 e. The Morgan fingerprint density at radius 2 is 1.75 bits per heavy atom. The van der Waals surface area contributed by atoms with Gasteiger partial charge in [0, 0.05) is 18.7 Å². The summed E-state index contributed by atoms with van der Waals surface area (Å²) in [6, 6.07) is 6.25. The molecule has 1 N–H and O–H groups in total. The van der Waals surface area contributed by atoms with E-state index in [1.807, 2.05) is 0 Å². The van der Waals surface area contributed by atoms with Gasteiger partial charge in [0.2, 0.25) is 0 Å². The fraction of sp³-hybridized carbons (Fsp3) is 0.667. The average molecular weight is 407 g/mol. The van der Waals surface area contributed by atoms with Crippen molar-refractivity contribution in [2.24, 2.45) is 23.2 Å². The second kappa shape index (κ2) is 7.11. The van der Waals surface area contributed by atoms with Crippen molar-refractivity contribution in [2.45, 2.75) is 56.4 Å². The first kappa shape index (κ1) is 19.9. The highest BCUT2D eigenvalue weighted by atomic mass is 32.2. The molecule has 4 bridgehead atoms. The van der Waals surface area contributed by atoms with Gasteiger partial charge < -0.3 is 5.32 Å². The quantitative estimate of drug-likeness (QED) is 0.736. The lowest BCUT2D eigenvalue weighted by molar-refractivity contribution is -0.0688. The Balaban J connectivity index is 1.51. The summed E-state index contributed by atoms with van der Waals surface area (Å²) in [7, 11) is -1.16. The molecule has 4 saturated carbocycles. The van der Waals surface area contributed by atoms with Gasteiger partial charge in [-0.2, -0.15) is 0 Å². The lowest BCUT2D eigenvalue weighted by atomic mass is 9.48. The highest BCUT2D eigenvalue weighted by Crippen LogP contribution is 2.61. The maximum absolute atomic E-state index is 12.9. The maximum Gasteiger partial charge on any atom is 0.264 e. The monoisotopic (exact) mass is 406 g/mol. The summed E-state index contributed by atoms with van der Waals surface area (Å²) in [5, 5.41) is 3.20. The first-order chi connectivity index (χ1) is 13.2. The van der Waals surface area contributed by atoms with Crippen molar-refractivity contribution in [2.75, 3.05) is 14.2 Å². The predicted molar refractivity (Wildman–Crippen MR) is 106 cm³/mol. The molecule has 0 spiro atoms. The summed E-state index contributed by atoms with van der Waals surface area (Å²) in [6.07, 6.45) is 7.75. The first-order valence-corrected chi connectivity index (χ1v) is 11.6. The fourth-order valence-electron chi connectivity index (χ4n) is 6.19. The number of amides is 1. The van der Waals surface area contributed by atoms with E-state index < -0.39 is 10.0 Å². The lowest BCUT2D eigenvalue weighted by Gasteiger charge is -2.59. The minimum atomic E-state index is -3.78. The van der Waals surface area contributed by atoms with Crippen LogP contribution >= 0.6 is 0 Å². The average Bonchev–Trinajstić information content (AvgIpc) is 2.66. The summed E-state index contributed by atoms with van der Waals surface area (Å²) in [5.41, 5.74) is 0.576. The first-order valence-electron chi connectivity index (χ1n) is 10.2. The second-order valence-electron chi connectivity index (χ2n) is 9.10. The van der Waals surface area contributed by atoms with Crippen molar-refractivity contribution < 1.29 is 18.0 Å². The van der Waals surface area contributed by atoms with E-state index in [0.717, 1.165) is 22.2 Å². The zero-order valence-electron chi connectivity index (χ0n) is 16.8. The topological polar surface area (TPSA) is 75.7 Å². The summed E-state index contributed by atoms with van der Waals surface area (Å²) >= 11 is 0. The Bertz CT molecular complexity index is 832. The number of carbonyl (C=O) groups is 1. The third-order valence-corrected chi connectivity index (χ3v) is 9.02. The number of hydrogen-bond acceptors (Lipinski definition) is 4. The van der Waals surface area contributed by atoms with Crippen molar-refractivity contribution in [1.29, 1.82) is 0 Å². The molecule has 28 heavy (non-hydrogen) atoms. The fourth-order valence-corrected chi connectivity index (χ4v) is 7.20. The van der Waals surface area contributed by atoms with Crippen LogP contribution in [0.2, 0.25) is 0 Å². The maximum atomic E-state index is 12.9. The molecule has 1 aromatic carbocycles. The van der Waals surface area contributed by atoms with Crippen LogP contribution in [-0.2, 0) is 14.9 Å². The van der Waals surface area contributed by atoms with Crippen molar-refractivity contribution in [3.63, 3.8) is 0 Å². The normalized spacial score (nSPS) is 32.5. The number of hydroxylamine groups is 1. The van der Waals surface area contributed by atoms with Crippen LogP contribution in [0, 0.1) is 23.2 Å². The molecule has 6 nitrogen and oxygen atoms in total. The number of nitrogens with one attached hydrogen (secondary N) is 1. The molecule has 0 heterocycles. The molecule has 1 aromatic rings. The van der Waals surface area contributed by atoms with Gasteiger partial charge in [-0.15, -0.1) is 0 Å². The molecular formula is C21H30N2O4S. The smallest absolute Gasteiger partial charge is 0.264 e. The zero-order valence-corrected chi connectivity index (χ0v) is 17.7. The number of nitrogens with zero attached hydrogens (tertiary/aromatic N) is 1. The summed E-state index contributed by atoms with van der Waals surface area (Å²) in [4.78, 5) is 17.8. The Labute approximate surface area is 167 Å². The number of hydrogen-bond donors (Lipinski definition) is 1. The van der Waals surface area contributed by atoms with Crippen molar-refractivity contribution >= 4 is 15.9 Å². The van der Waals surface area contributed by atoms with Crippen LogP contribution < -0.4 is 5.32 Å². The molecular weight excluding hydrogens is 376 g/mol. The van der Waals surface area contributed by atoms with Crippen LogP contribution in [0.3, 0.4) is 0 Å². The molecule has 5 rings (SSSR count). The molecule has 1 atom stereocenters. The van der Waals surface area contributed by atoms with E-state index in [0.29, 0.717) is 5.56 Å². The molecule has 4 fully saturated rings. The molecule has 1 amide bonds. The molecule has 1 unspecified atom stereocenters. The Morgan fingerprint density at radius 3 is 2.29 bits per heavy atom. The van der Waals surface area contributed by atoms with Crippen LogP contribution in [0.4, 0.5) is 0 Å². The van der Waals surface area contributed by atoms with E-state index in [9.17, 15) is 13.2 Å². The number of benzene rings is 1. The molecule has 4 aliphatic carbocycles. The zero-order chi connectivity index (χ0) is 20.1. The molecule has 4 aliphatic rings. The van der Waals surface area contributed by atoms with Crippen LogP contribution in [0.25, 0.3) is 0 Å². The van der Waals surface area contributed by atoms with Crippen LogP contribution in [0.5, 0.6) is 0 Å². The van der Waals surface area contributed by atoms with Crippen LogP contribution in [0.1, 0.15) is 55.8 Å². The molecule has 0 aliphatic heterocycles. The van der Waals surface area contributed by atoms with Gasteiger partial charge >= 0.3 is 0 Å². The highest BCUT2D eigenvalue weighted by molar-refractivity contribution is 7.89. The van der Waals surface area contributed by atoms with Crippen molar-refractivity contribution in [3.8, 4) is 0 Å². The highest BCUT2D eigenvalue weighted by Gasteiger charge is 2.53. The Morgan fingerprint density at radius 1 is 1.18 bits per heavy atom. The summed E-state index contributed by atoms with van der Waals surface area (Å²) < 4.78 is 25.7. The van der Waals surface area contributed by atoms with Gasteiger partial charge in [0.15, 0.2) is 0 Å². The minimum Gasteiger partial charge on any atom is -0.349 e. The van der Waals surface area contributed by atoms with Crippen molar-refractivity contribution in [1.82, 2.24) is 9.79 Å². The molecule has 154 valence electrons. The second-order valence-corrected chi connectivity index (χ2v) is 11.0. The van der Waals surface area contributed by atoms with Gasteiger partial charge in [0.05, 0.1) is 12.0 Å². The Kier molecular flexibility index (Phi) is 5.04. The SMILES string of the molecule is CON(C)S(=O)(=O)c1cccc(C(=O)NC(C)C23CC4CC(CC(C4)C2)C3)c1. The van der Waals surface area contributed by atoms with Gasteiger partial charge in [-0.3, -0.25) is 9.63 Å². The van der Waals surface area contributed by atoms with Gasteiger partial charge in [-0.1, -0.05) is 10.5 Å². The van der Waals surface area contributed by atoms with Crippen LogP contribution in [-0.4, -0.2) is 39.0 Å². The van der Waals surface area contributed by atoms with Gasteiger partial charge in [0.25, 0.3) is 15.9 Å². The molecule has 0 radical (unpaired) electrons. The standard InChI is InChI=1S/C21H30N2O4S/c1-14(21-11-15-7-16(12-21)9-17(8-15)13-21)22-20(24)18-5-4-6-19(10-18)28(25,26)23(2)27-3/h4-6,10,14-17H,7-9,11-13H2,1-3H3,(H,22,24). The molecule has 7 heteroatoms. The van der Waals surface area contributed by atoms with E-state index in [2.05, 4.69) is 12.2 Å². The van der Waals surface area contributed by atoms with E-state index in [1.54, 1.807) is 12.1 Å². The third-order valence-electron chi connectivity index (χ3n) is 7.34. The van der Waals surface area contributed by atoms with E-state index >= 15 is 0 Å². The Hall–Kier alpha value is -1.44. The van der Waals surface area contributed by atoms with Crippen LogP contribution in [0.15, 0.2) is 29.2 Å². The number of rotatable bonds is 6. The number of sulfonamides is 1. The lowest BCUT2D eigenvalue weighted by Crippen LogP contribution is -2.55. The van der Waals surface area contributed by atoms with Gasteiger partial charge in [0.1, 0.15) is 0 Å². The van der Waals surface area contributed by atoms with E-state index in [-0.39, 0.29) is 22.3 Å². The summed E-state index contributed by atoms with van der Waals surface area (Å²) in [5.74, 6) is 2.26. The number of carbonyl (C=O) groups excluding carboxylic acids is 1. The minimum absolute atomic E-state index is 0.0481. The predicted octanol–water partition coefficient (Wildman–Crippen LogP) is 3.20. The van der Waals surface area contributed by atoms with Gasteiger partial charge in [-0.25, -0.2) is 8.42 Å². The van der Waals surface area contributed by atoms with E-state index in [1.165, 1.54) is 64.8 Å².